The minimum Gasteiger partial charge on any atom is -0.328 e. The molecule has 0 amide bonds. The summed E-state index contributed by atoms with van der Waals surface area (Å²) in [5.74, 6) is 0. The molecule has 0 spiro atoms. The Labute approximate surface area is 207 Å². The van der Waals surface area contributed by atoms with Gasteiger partial charge >= 0.3 is 0 Å². The van der Waals surface area contributed by atoms with Crippen molar-refractivity contribution in [3.8, 4) is 43.3 Å². The minimum absolute atomic E-state index is 1.02. The van der Waals surface area contributed by atoms with E-state index in [0.717, 1.165) is 5.65 Å². The van der Waals surface area contributed by atoms with Crippen molar-refractivity contribution >= 4 is 33.7 Å². The third-order valence-electron chi connectivity index (χ3n) is 6.42. The van der Waals surface area contributed by atoms with E-state index in [1.807, 2.05) is 34.9 Å². The molecule has 0 N–H and O–H groups in total. The summed E-state index contributed by atoms with van der Waals surface area (Å²) >= 11 is 3.72. The molecule has 0 atom stereocenters. The first-order chi connectivity index (χ1) is 16.6. The lowest BCUT2D eigenvalue weighted by atomic mass is 9.98. The fraction of sp³-hybridized carbons (Fsp3) is 0.100. The minimum atomic E-state index is 1.02. The number of pyridine rings is 1. The van der Waals surface area contributed by atoms with Gasteiger partial charge in [0.25, 0.3) is 0 Å². The van der Waals surface area contributed by atoms with E-state index in [9.17, 15) is 0 Å². The van der Waals surface area contributed by atoms with Crippen LogP contribution in [0.3, 0.4) is 0 Å². The lowest BCUT2D eigenvalue weighted by Crippen LogP contribution is -1.94. The van der Waals surface area contributed by atoms with E-state index in [2.05, 4.69) is 104 Å². The van der Waals surface area contributed by atoms with Crippen molar-refractivity contribution < 1.29 is 0 Å². The molecular formula is C30H24N2S2. The van der Waals surface area contributed by atoms with Crippen LogP contribution in [0.4, 0.5) is 0 Å². The lowest BCUT2D eigenvalue weighted by Gasteiger charge is -2.08. The molecule has 0 saturated carbocycles. The molecule has 4 heteroatoms. The zero-order chi connectivity index (χ0) is 23.2. The van der Waals surface area contributed by atoms with Crippen LogP contribution in [-0.2, 0) is 7.05 Å². The summed E-state index contributed by atoms with van der Waals surface area (Å²) in [6.45, 7) is 4.47. The molecule has 34 heavy (non-hydrogen) atoms. The molecule has 6 rings (SSSR count). The van der Waals surface area contributed by atoms with Gasteiger partial charge < -0.3 is 4.57 Å². The highest BCUT2D eigenvalue weighted by molar-refractivity contribution is 7.16. The molecule has 0 fully saturated rings. The van der Waals surface area contributed by atoms with Crippen molar-refractivity contribution in [3.05, 3.63) is 101 Å². The second-order valence-corrected chi connectivity index (χ2v) is 11.1. The average Bonchev–Trinajstić information content (AvgIpc) is 3.53. The Bertz CT molecular complexity index is 1620. The fourth-order valence-electron chi connectivity index (χ4n) is 4.79. The summed E-state index contributed by atoms with van der Waals surface area (Å²) in [7, 11) is 2.15. The van der Waals surface area contributed by atoms with Crippen molar-refractivity contribution in [2.45, 2.75) is 13.8 Å². The largest absolute Gasteiger partial charge is 0.328 e. The Morgan fingerprint density at radius 2 is 1.24 bits per heavy atom. The summed E-state index contributed by atoms with van der Waals surface area (Å²) in [4.78, 5) is 10.0. The Morgan fingerprint density at radius 3 is 1.85 bits per heavy atom. The van der Waals surface area contributed by atoms with Crippen LogP contribution in [0.5, 0.6) is 0 Å². The molecule has 166 valence electrons. The third kappa shape index (κ3) is 3.42. The summed E-state index contributed by atoms with van der Waals surface area (Å²) < 4.78 is 2.27. The molecular weight excluding hydrogens is 452 g/mol. The van der Waals surface area contributed by atoms with Gasteiger partial charge in [-0.3, -0.25) is 0 Å². The second kappa shape index (κ2) is 8.39. The van der Waals surface area contributed by atoms with E-state index in [4.69, 9.17) is 4.98 Å². The lowest BCUT2D eigenvalue weighted by molar-refractivity contribution is 0.957. The number of hydrogen-bond donors (Lipinski definition) is 0. The number of aromatic nitrogens is 2. The standard InChI is InChI=1S/C30H24N2S2/c1-19-24(17-26(33-19)21-11-6-4-7-12-21)28-23-15-10-16-31-30(23)32(3)29(28)25-18-27(34-20(25)2)22-13-8-5-9-14-22/h4-18H,1-3H3. The first-order valence-electron chi connectivity index (χ1n) is 11.4. The first kappa shape index (κ1) is 21.1. The number of thiophene rings is 2. The van der Waals surface area contributed by atoms with Gasteiger partial charge in [-0.25, -0.2) is 4.98 Å². The van der Waals surface area contributed by atoms with Crippen molar-refractivity contribution in [2.75, 3.05) is 0 Å². The van der Waals surface area contributed by atoms with Crippen molar-refractivity contribution in [1.82, 2.24) is 9.55 Å². The van der Waals surface area contributed by atoms with Crippen LogP contribution in [0.2, 0.25) is 0 Å². The monoisotopic (exact) mass is 476 g/mol. The quantitative estimate of drug-likeness (QED) is 0.248. The Hall–Kier alpha value is -3.47. The highest BCUT2D eigenvalue weighted by Gasteiger charge is 2.24. The van der Waals surface area contributed by atoms with Crippen LogP contribution >= 0.6 is 22.7 Å². The van der Waals surface area contributed by atoms with Crippen LogP contribution in [0.25, 0.3) is 54.3 Å². The topological polar surface area (TPSA) is 17.8 Å². The molecule has 4 heterocycles. The number of benzene rings is 2. The highest BCUT2D eigenvalue weighted by atomic mass is 32.1. The summed E-state index contributed by atoms with van der Waals surface area (Å²) in [6, 6.07) is 30.3. The molecule has 0 bridgehead atoms. The summed E-state index contributed by atoms with van der Waals surface area (Å²) in [5, 5.41) is 1.20. The number of rotatable bonds is 4. The zero-order valence-electron chi connectivity index (χ0n) is 19.4. The van der Waals surface area contributed by atoms with E-state index in [1.54, 1.807) is 0 Å². The van der Waals surface area contributed by atoms with Crippen molar-refractivity contribution in [3.63, 3.8) is 0 Å². The van der Waals surface area contributed by atoms with Crippen LogP contribution in [0, 0.1) is 13.8 Å². The molecule has 6 aromatic rings. The molecule has 0 aliphatic rings. The van der Waals surface area contributed by atoms with Gasteiger partial charge in [0.05, 0.1) is 5.69 Å². The van der Waals surface area contributed by atoms with Gasteiger partial charge in [0.2, 0.25) is 0 Å². The highest BCUT2D eigenvalue weighted by Crippen LogP contribution is 2.47. The smallest absolute Gasteiger partial charge is 0.140 e. The zero-order valence-corrected chi connectivity index (χ0v) is 21.0. The van der Waals surface area contributed by atoms with Gasteiger partial charge in [-0.1, -0.05) is 60.7 Å². The number of fused-ring (bicyclic) bond motifs is 1. The van der Waals surface area contributed by atoms with Gasteiger partial charge in [0.1, 0.15) is 5.65 Å². The van der Waals surface area contributed by atoms with Gasteiger partial charge in [-0.15, -0.1) is 22.7 Å². The SMILES string of the molecule is Cc1sc(-c2ccccc2)cc1-c1c(-c2cc(-c3ccccc3)sc2C)n(C)c2ncccc12. The van der Waals surface area contributed by atoms with E-state index in [-0.39, 0.29) is 0 Å². The third-order valence-corrected chi connectivity index (χ3v) is 8.62. The van der Waals surface area contributed by atoms with E-state index >= 15 is 0 Å². The molecule has 4 aromatic heterocycles. The molecule has 0 aliphatic carbocycles. The predicted molar refractivity (Wildman–Crippen MR) is 148 cm³/mol. The molecule has 2 aromatic carbocycles. The molecule has 0 unspecified atom stereocenters. The van der Waals surface area contributed by atoms with Crippen LogP contribution in [0.1, 0.15) is 9.75 Å². The Kier molecular flexibility index (Phi) is 5.20. The summed E-state index contributed by atoms with van der Waals surface area (Å²) in [6.07, 6.45) is 1.89. The van der Waals surface area contributed by atoms with E-state index in [1.165, 1.54) is 58.4 Å². The van der Waals surface area contributed by atoms with Gasteiger partial charge in [-0.05, 0) is 54.8 Å². The molecule has 0 radical (unpaired) electrons. The number of aryl methyl sites for hydroxylation is 3. The van der Waals surface area contributed by atoms with Crippen LogP contribution in [-0.4, -0.2) is 9.55 Å². The molecule has 0 aliphatic heterocycles. The second-order valence-electron chi connectivity index (χ2n) is 8.55. The maximum atomic E-state index is 4.77. The average molecular weight is 477 g/mol. The predicted octanol–water partition coefficient (Wildman–Crippen LogP) is 8.98. The Morgan fingerprint density at radius 1 is 0.676 bits per heavy atom. The normalized spacial score (nSPS) is 11.4. The van der Waals surface area contributed by atoms with Gasteiger partial charge in [0.15, 0.2) is 0 Å². The summed E-state index contributed by atoms with van der Waals surface area (Å²) in [5.41, 5.74) is 8.65. The van der Waals surface area contributed by atoms with Crippen molar-refractivity contribution in [2.24, 2.45) is 7.05 Å². The van der Waals surface area contributed by atoms with Crippen LogP contribution < -0.4 is 0 Å². The van der Waals surface area contributed by atoms with Crippen molar-refractivity contribution in [1.29, 1.82) is 0 Å². The fourth-order valence-corrected chi connectivity index (χ4v) is 6.84. The Balaban J connectivity index is 1.61. The number of hydrogen-bond acceptors (Lipinski definition) is 3. The van der Waals surface area contributed by atoms with Gasteiger partial charge in [0, 0.05) is 49.3 Å². The first-order valence-corrected chi connectivity index (χ1v) is 13.0. The molecule has 0 saturated heterocycles. The van der Waals surface area contributed by atoms with E-state index < -0.39 is 0 Å². The van der Waals surface area contributed by atoms with E-state index in [0.29, 0.717) is 0 Å². The van der Waals surface area contributed by atoms with Crippen LogP contribution in [0.15, 0.2) is 91.1 Å². The number of nitrogens with zero attached hydrogens (tertiary/aromatic N) is 2. The maximum Gasteiger partial charge on any atom is 0.140 e. The molecule has 2 nitrogen and oxygen atoms in total. The maximum absolute atomic E-state index is 4.77. The van der Waals surface area contributed by atoms with Gasteiger partial charge in [-0.2, -0.15) is 0 Å².